The maximum absolute atomic E-state index is 12.5. The molecule has 0 bridgehead atoms. The van der Waals surface area contributed by atoms with Crippen molar-refractivity contribution in [1.82, 2.24) is 0 Å². The highest BCUT2D eigenvalue weighted by Crippen LogP contribution is 2.21. The molecule has 0 amide bonds. The van der Waals surface area contributed by atoms with Crippen molar-refractivity contribution in [2.45, 2.75) is 17.7 Å². The number of hydrogen-bond acceptors (Lipinski definition) is 3. The summed E-state index contributed by atoms with van der Waals surface area (Å²) in [6, 6.07) is 18.0. The lowest BCUT2D eigenvalue weighted by Gasteiger charge is -2.07. The molecule has 0 heterocycles. The summed E-state index contributed by atoms with van der Waals surface area (Å²) in [7, 11) is -3.53. The Morgan fingerprint density at radius 3 is 2.28 bits per heavy atom. The van der Waals surface area contributed by atoms with Gasteiger partial charge in [0.1, 0.15) is 6.61 Å². The molecule has 2 aromatic carbocycles. The number of benzene rings is 2. The predicted octanol–water partition coefficient (Wildman–Crippen LogP) is 3.98. The third kappa shape index (κ3) is 5.77. The van der Waals surface area contributed by atoms with E-state index in [1.165, 1.54) is 0 Å². The van der Waals surface area contributed by atoms with Crippen LogP contribution in [-0.2, 0) is 14.6 Å². The van der Waals surface area contributed by atoms with Gasteiger partial charge in [-0.05, 0) is 37.1 Å². The fourth-order valence-electron chi connectivity index (χ4n) is 2.18. The molecule has 0 fully saturated rings. The molecule has 25 heavy (non-hydrogen) atoms. The molecule has 128 valence electrons. The van der Waals surface area contributed by atoms with Crippen LogP contribution in [0.3, 0.4) is 0 Å². The van der Waals surface area contributed by atoms with E-state index in [1.54, 1.807) is 30.3 Å². The van der Waals surface area contributed by atoms with Crippen molar-refractivity contribution in [3.8, 4) is 11.8 Å². The number of allylic oxidation sites excluding steroid dienone is 1. The maximum atomic E-state index is 12.5. The number of hydrogen-bond donors (Lipinski definition) is 0. The molecule has 0 aliphatic carbocycles. The quantitative estimate of drug-likeness (QED) is 0.430. The van der Waals surface area contributed by atoms with Crippen LogP contribution in [0.15, 0.2) is 82.8 Å². The maximum Gasteiger partial charge on any atom is 0.209 e. The van der Waals surface area contributed by atoms with Crippen molar-refractivity contribution in [2.75, 3.05) is 13.2 Å². The minimum Gasteiger partial charge on any atom is -0.369 e. The zero-order valence-corrected chi connectivity index (χ0v) is 14.8. The van der Waals surface area contributed by atoms with E-state index in [9.17, 15) is 8.42 Å². The standard InChI is InChI=1S/C21H20O3S/c1-2-20(25(22,23)21-14-7-4-8-15-21)16-10-18-24-17-9-13-19-11-5-3-6-12-19/h3-8,11-12,14-15H,1,10,16-18H2. The fraction of sp³-hybridized carbons (Fsp3) is 0.190. The van der Waals surface area contributed by atoms with Crippen LogP contribution in [0.4, 0.5) is 0 Å². The van der Waals surface area contributed by atoms with Gasteiger partial charge in [0, 0.05) is 12.2 Å². The van der Waals surface area contributed by atoms with Gasteiger partial charge in [-0.15, -0.1) is 5.73 Å². The summed E-state index contributed by atoms with van der Waals surface area (Å²) in [5.41, 5.74) is 3.50. The first-order chi connectivity index (χ1) is 12.1. The van der Waals surface area contributed by atoms with Crippen LogP contribution in [0, 0.1) is 11.8 Å². The van der Waals surface area contributed by atoms with E-state index in [0.717, 1.165) is 5.56 Å². The molecule has 0 aliphatic heterocycles. The zero-order chi connectivity index (χ0) is 18.0. The highest BCUT2D eigenvalue weighted by atomic mass is 32.2. The molecule has 0 unspecified atom stereocenters. The first-order valence-electron chi connectivity index (χ1n) is 7.95. The van der Waals surface area contributed by atoms with Crippen LogP contribution in [0.2, 0.25) is 0 Å². The molecule has 0 atom stereocenters. The molecule has 0 aliphatic rings. The van der Waals surface area contributed by atoms with Crippen molar-refractivity contribution in [1.29, 1.82) is 0 Å². The number of sulfone groups is 1. The molecular weight excluding hydrogens is 332 g/mol. The van der Waals surface area contributed by atoms with E-state index >= 15 is 0 Å². The first-order valence-corrected chi connectivity index (χ1v) is 9.43. The van der Waals surface area contributed by atoms with E-state index in [-0.39, 0.29) is 9.80 Å². The fourth-order valence-corrected chi connectivity index (χ4v) is 3.58. The molecule has 3 nitrogen and oxygen atoms in total. The lowest BCUT2D eigenvalue weighted by molar-refractivity contribution is 0.164. The number of ether oxygens (including phenoxy) is 1. The molecule has 2 aromatic rings. The highest BCUT2D eigenvalue weighted by Gasteiger charge is 2.19. The Morgan fingerprint density at radius 1 is 1.00 bits per heavy atom. The molecule has 2 rings (SSSR count). The molecule has 4 heteroatoms. The average Bonchev–Trinajstić information content (AvgIpc) is 2.65. The van der Waals surface area contributed by atoms with Crippen LogP contribution >= 0.6 is 0 Å². The van der Waals surface area contributed by atoms with Crippen LogP contribution in [0.5, 0.6) is 0 Å². The molecule has 0 saturated carbocycles. The van der Waals surface area contributed by atoms with Crippen molar-refractivity contribution in [2.24, 2.45) is 0 Å². The van der Waals surface area contributed by atoms with Gasteiger partial charge in [0.15, 0.2) is 0 Å². The Kier molecular flexibility index (Phi) is 7.25. The molecule has 0 radical (unpaired) electrons. The Balaban J connectivity index is 1.79. The Labute approximate surface area is 149 Å². The van der Waals surface area contributed by atoms with Gasteiger partial charge in [0.05, 0.1) is 9.80 Å². The third-order valence-electron chi connectivity index (χ3n) is 3.45. The summed E-state index contributed by atoms with van der Waals surface area (Å²) < 4.78 is 30.4. The van der Waals surface area contributed by atoms with Crippen molar-refractivity contribution in [3.63, 3.8) is 0 Å². The summed E-state index contributed by atoms with van der Waals surface area (Å²) in [5.74, 6) is 5.94. The van der Waals surface area contributed by atoms with Gasteiger partial charge in [-0.3, -0.25) is 0 Å². The topological polar surface area (TPSA) is 43.4 Å². The van der Waals surface area contributed by atoms with Gasteiger partial charge in [0.2, 0.25) is 9.84 Å². The molecule has 0 saturated heterocycles. The summed E-state index contributed by atoms with van der Waals surface area (Å²) in [4.78, 5) is 0.452. The summed E-state index contributed by atoms with van der Waals surface area (Å²) in [6.07, 6.45) is 0.907. The van der Waals surface area contributed by atoms with Gasteiger partial charge in [0.25, 0.3) is 0 Å². The summed E-state index contributed by atoms with van der Waals surface area (Å²) in [6.45, 7) is 4.25. The largest absolute Gasteiger partial charge is 0.369 e. The Morgan fingerprint density at radius 2 is 1.64 bits per heavy atom. The average molecular weight is 352 g/mol. The zero-order valence-electron chi connectivity index (χ0n) is 13.9. The van der Waals surface area contributed by atoms with Gasteiger partial charge < -0.3 is 4.74 Å². The van der Waals surface area contributed by atoms with Crippen molar-refractivity contribution >= 4 is 9.84 Å². The Bertz CT molecular complexity index is 882. The molecular formula is C21H20O3S. The van der Waals surface area contributed by atoms with Crippen LogP contribution in [0.25, 0.3) is 0 Å². The summed E-state index contributed by atoms with van der Waals surface area (Å²) >= 11 is 0. The van der Waals surface area contributed by atoms with Crippen molar-refractivity contribution < 1.29 is 13.2 Å². The van der Waals surface area contributed by atoms with Gasteiger partial charge in [-0.1, -0.05) is 54.8 Å². The van der Waals surface area contributed by atoms with Crippen LogP contribution in [-0.4, -0.2) is 21.6 Å². The normalized spacial score (nSPS) is 10.4. The van der Waals surface area contributed by atoms with E-state index in [4.69, 9.17) is 4.74 Å². The van der Waals surface area contributed by atoms with E-state index in [2.05, 4.69) is 24.2 Å². The number of rotatable bonds is 7. The smallest absolute Gasteiger partial charge is 0.209 e. The SMILES string of the molecule is C=C=C(CCCOCC#Cc1ccccc1)S(=O)(=O)c1ccccc1. The highest BCUT2D eigenvalue weighted by molar-refractivity contribution is 7.95. The first kappa shape index (κ1) is 18.8. The second-order valence-electron chi connectivity index (χ2n) is 5.24. The van der Waals surface area contributed by atoms with Gasteiger partial charge in [-0.2, -0.15) is 0 Å². The van der Waals surface area contributed by atoms with E-state index in [1.807, 2.05) is 30.3 Å². The molecule has 0 N–H and O–H groups in total. The lowest BCUT2D eigenvalue weighted by Crippen LogP contribution is -2.05. The predicted molar refractivity (Wildman–Crippen MR) is 99.7 cm³/mol. The van der Waals surface area contributed by atoms with Gasteiger partial charge >= 0.3 is 0 Å². The molecule has 0 aromatic heterocycles. The minimum atomic E-state index is -3.53. The third-order valence-corrected chi connectivity index (χ3v) is 5.34. The second kappa shape index (κ2) is 9.66. The minimum absolute atomic E-state index is 0.192. The Hall–Kier alpha value is -2.57. The molecule has 0 spiro atoms. The van der Waals surface area contributed by atoms with E-state index in [0.29, 0.717) is 26.1 Å². The van der Waals surface area contributed by atoms with E-state index < -0.39 is 9.84 Å². The monoisotopic (exact) mass is 352 g/mol. The lowest BCUT2D eigenvalue weighted by atomic mass is 10.2. The second-order valence-corrected chi connectivity index (χ2v) is 7.21. The van der Waals surface area contributed by atoms with Crippen LogP contribution in [0.1, 0.15) is 18.4 Å². The summed E-state index contributed by atoms with van der Waals surface area (Å²) in [5, 5.41) is 0. The van der Waals surface area contributed by atoms with Gasteiger partial charge in [-0.25, -0.2) is 8.42 Å². The van der Waals surface area contributed by atoms with Crippen molar-refractivity contribution in [3.05, 3.63) is 83.4 Å². The van der Waals surface area contributed by atoms with Crippen LogP contribution < -0.4 is 0 Å².